The van der Waals surface area contributed by atoms with Gasteiger partial charge in [-0.3, -0.25) is 0 Å². The Kier molecular flexibility index (Phi) is 3.71. The molecule has 0 radical (unpaired) electrons. The first kappa shape index (κ1) is 17.1. The largest absolute Gasteiger partial charge is 0.415 e. The summed E-state index contributed by atoms with van der Waals surface area (Å²) in [5.41, 5.74) is 6.40. The Balaban J connectivity index is 1.87. The van der Waals surface area contributed by atoms with Crippen molar-refractivity contribution in [3.05, 3.63) is 83.8 Å². The fraction of sp³-hybridized carbons (Fsp3) is 0.0870. The number of rotatable bonds is 2. The van der Waals surface area contributed by atoms with Crippen molar-refractivity contribution < 1.29 is 13.4 Å². The predicted molar refractivity (Wildman–Crippen MR) is 108 cm³/mol. The van der Waals surface area contributed by atoms with E-state index >= 15 is 0 Å². The summed E-state index contributed by atoms with van der Waals surface area (Å²) in [6, 6.07) is 19.3. The molecule has 5 aromatic rings. The van der Waals surface area contributed by atoms with Gasteiger partial charge in [-0.25, -0.2) is 9.41 Å². The van der Waals surface area contributed by atoms with Gasteiger partial charge in [0.15, 0.2) is 22.3 Å². The first-order valence-electron chi connectivity index (χ1n) is 9.11. The number of benzene rings is 3. The number of fused-ring (bicyclic) bond motifs is 2. The Labute approximate surface area is 166 Å². The Morgan fingerprint density at radius 1 is 1.10 bits per heavy atom. The molecule has 0 saturated heterocycles. The normalized spacial score (nSPS) is 11.2. The van der Waals surface area contributed by atoms with E-state index in [1.807, 2.05) is 62.5 Å². The van der Waals surface area contributed by atoms with Gasteiger partial charge < -0.3 is 4.42 Å². The quantitative estimate of drug-likeness (QED) is 0.308. The first-order chi connectivity index (χ1) is 14.1. The van der Waals surface area contributed by atoms with E-state index in [4.69, 9.17) is 11.0 Å². The third-order valence-electron chi connectivity index (χ3n) is 5.20. The van der Waals surface area contributed by atoms with Crippen LogP contribution in [0.4, 0.5) is 10.1 Å². The summed E-state index contributed by atoms with van der Waals surface area (Å²) in [4.78, 5) is 7.35. The van der Waals surface area contributed by atoms with Gasteiger partial charge in [0.1, 0.15) is 11.2 Å². The van der Waals surface area contributed by atoms with Crippen molar-refractivity contribution in [2.75, 3.05) is 0 Å². The van der Waals surface area contributed by atoms with Gasteiger partial charge >= 0.3 is 6.14 Å². The lowest BCUT2D eigenvalue weighted by Crippen LogP contribution is -2.30. The third-order valence-corrected chi connectivity index (χ3v) is 5.20. The fourth-order valence-electron chi connectivity index (χ4n) is 3.84. The zero-order chi connectivity index (χ0) is 20.1. The minimum Gasteiger partial charge on any atom is -0.415 e. The highest BCUT2D eigenvalue weighted by Crippen LogP contribution is 2.32. The molecule has 0 aliphatic heterocycles. The Bertz CT molecular complexity index is 1440. The predicted octanol–water partition coefficient (Wildman–Crippen LogP) is 5.26. The fourth-order valence-corrected chi connectivity index (χ4v) is 3.84. The lowest BCUT2D eigenvalue weighted by molar-refractivity contribution is -0.633. The van der Waals surface area contributed by atoms with E-state index in [9.17, 15) is 4.39 Å². The van der Waals surface area contributed by atoms with Crippen LogP contribution >= 0.6 is 0 Å². The van der Waals surface area contributed by atoms with E-state index in [0.717, 1.165) is 33.7 Å². The summed E-state index contributed by atoms with van der Waals surface area (Å²) in [6.07, 6.45) is -0.837. The molecule has 2 heterocycles. The number of hydrogen-bond acceptors (Lipinski definition) is 2. The van der Waals surface area contributed by atoms with Crippen LogP contribution in [0.25, 0.3) is 44.1 Å². The van der Waals surface area contributed by atoms with E-state index < -0.39 is 6.14 Å². The minimum atomic E-state index is -0.837. The number of para-hydroxylation sites is 2. The van der Waals surface area contributed by atoms with Crippen LogP contribution in [0.15, 0.2) is 65.1 Å². The maximum Gasteiger partial charge on any atom is 0.382 e. The molecule has 29 heavy (non-hydrogen) atoms. The van der Waals surface area contributed by atoms with E-state index in [2.05, 4.69) is 31.1 Å². The standard InChI is InChI=1S/C23H16FN4O/c1-14-12-21-18(26-23(24)29-21)13-17(14)22-27(3)19-6-4-5-7-20(19)28(22)16-10-8-15(25-2)9-11-16/h4-13H,1,3H3/q+1. The van der Waals surface area contributed by atoms with Crippen molar-refractivity contribution >= 4 is 27.8 Å². The third kappa shape index (κ3) is 2.59. The molecule has 0 atom stereocenters. The van der Waals surface area contributed by atoms with Crippen molar-refractivity contribution in [1.29, 1.82) is 0 Å². The Morgan fingerprint density at radius 3 is 2.62 bits per heavy atom. The summed E-state index contributed by atoms with van der Waals surface area (Å²) in [6.45, 7) is 9.18. The SMILES string of the molecule is [C-]#[N+]c1ccc(-n2c(-c3cc4nc(F)oc4cc3C)[n+](C)c3ccccc32)cc1. The van der Waals surface area contributed by atoms with Crippen LogP contribution < -0.4 is 4.57 Å². The van der Waals surface area contributed by atoms with Crippen molar-refractivity contribution in [2.45, 2.75) is 6.92 Å². The maximum atomic E-state index is 13.5. The van der Waals surface area contributed by atoms with E-state index in [-0.39, 0.29) is 0 Å². The Morgan fingerprint density at radius 2 is 1.86 bits per heavy atom. The second kappa shape index (κ2) is 6.28. The topological polar surface area (TPSA) is 39.2 Å². The van der Waals surface area contributed by atoms with Gasteiger partial charge in [-0.05, 0) is 48.9 Å². The molecule has 2 aromatic heterocycles. The zero-order valence-corrected chi connectivity index (χ0v) is 15.8. The molecule has 0 N–H and O–H groups in total. The molecular weight excluding hydrogens is 367 g/mol. The van der Waals surface area contributed by atoms with Gasteiger partial charge in [0, 0.05) is 0 Å². The monoisotopic (exact) mass is 383 g/mol. The van der Waals surface area contributed by atoms with E-state index in [1.54, 1.807) is 0 Å². The lowest BCUT2D eigenvalue weighted by atomic mass is 10.1. The van der Waals surface area contributed by atoms with E-state index in [0.29, 0.717) is 16.8 Å². The number of halogens is 1. The van der Waals surface area contributed by atoms with Crippen LogP contribution in [0.3, 0.4) is 0 Å². The summed E-state index contributed by atoms with van der Waals surface area (Å²) in [5, 5.41) is 0. The summed E-state index contributed by atoms with van der Waals surface area (Å²) >= 11 is 0. The number of nitrogens with zero attached hydrogens (tertiary/aromatic N) is 4. The molecular formula is C23H16FN4O+. The molecule has 0 spiro atoms. The van der Waals surface area contributed by atoms with Crippen LogP contribution in [0.2, 0.25) is 0 Å². The average molecular weight is 383 g/mol. The summed E-state index contributed by atoms with van der Waals surface area (Å²) in [7, 11) is 2.01. The summed E-state index contributed by atoms with van der Waals surface area (Å²) < 4.78 is 22.8. The van der Waals surface area contributed by atoms with Crippen molar-refractivity contribution in [3.8, 4) is 17.1 Å². The van der Waals surface area contributed by atoms with Crippen molar-refractivity contribution in [2.24, 2.45) is 7.05 Å². The van der Waals surface area contributed by atoms with Crippen LogP contribution in [-0.4, -0.2) is 9.55 Å². The summed E-state index contributed by atoms with van der Waals surface area (Å²) in [5.74, 6) is 0.935. The van der Waals surface area contributed by atoms with Crippen LogP contribution in [-0.2, 0) is 7.05 Å². The number of hydrogen-bond donors (Lipinski definition) is 0. The molecule has 3 aromatic carbocycles. The van der Waals surface area contributed by atoms with E-state index in [1.165, 1.54) is 0 Å². The molecule has 0 aliphatic rings. The van der Waals surface area contributed by atoms with Crippen LogP contribution in [0.1, 0.15) is 5.56 Å². The molecule has 5 nitrogen and oxygen atoms in total. The molecule has 6 heteroatoms. The molecule has 140 valence electrons. The van der Waals surface area contributed by atoms with Gasteiger partial charge in [0.05, 0.1) is 19.2 Å². The molecule has 0 amide bonds. The second-order valence-electron chi connectivity index (χ2n) is 6.94. The smallest absolute Gasteiger partial charge is 0.382 e. The molecule has 0 unspecified atom stereocenters. The van der Waals surface area contributed by atoms with Crippen molar-refractivity contribution in [3.63, 3.8) is 0 Å². The second-order valence-corrected chi connectivity index (χ2v) is 6.94. The highest BCUT2D eigenvalue weighted by Gasteiger charge is 2.27. The van der Waals surface area contributed by atoms with Gasteiger partial charge in [-0.15, -0.1) is 4.39 Å². The van der Waals surface area contributed by atoms with Crippen LogP contribution in [0, 0.1) is 19.6 Å². The minimum absolute atomic E-state index is 0.426. The van der Waals surface area contributed by atoms with Gasteiger partial charge in [0.2, 0.25) is 0 Å². The molecule has 0 fully saturated rings. The van der Waals surface area contributed by atoms with Gasteiger partial charge in [-0.2, -0.15) is 9.55 Å². The molecule has 0 aliphatic carbocycles. The van der Waals surface area contributed by atoms with Crippen molar-refractivity contribution in [1.82, 2.24) is 9.55 Å². The average Bonchev–Trinajstić information content (AvgIpc) is 3.23. The number of oxazole rings is 1. The highest BCUT2D eigenvalue weighted by molar-refractivity contribution is 5.84. The lowest BCUT2D eigenvalue weighted by Gasteiger charge is -2.06. The number of aryl methyl sites for hydroxylation is 2. The maximum absolute atomic E-state index is 13.5. The van der Waals surface area contributed by atoms with Crippen LogP contribution in [0.5, 0.6) is 0 Å². The molecule has 0 saturated carbocycles. The zero-order valence-electron chi connectivity index (χ0n) is 15.8. The molecule has 5 rings (SSSR count). The number of aromatic nitrogens is 3. The highest BCUT2D eigenvalue weighted by atomic mass is 19.1. The van der Waals surface area contributed by atoms with Gasteiger partial charge in [0.25, 0.3) is 5.82 Å². The first-order valence-corrected chi connectivity index (χ1v) is 9.11. The molecule has 0 bridgehead atoms. The Hall–Kier alpha value is -3.98. The van der Waals surface area contributed by atoms with Gasteiger partial charge in [-0.1, -0.05) is 24.3 Å². The number of imidazole rings is 1.